The SMILES string of the molecule is Cc1nc(-c2ccc(F)c(F)c2Br)nc(Cl)c1C(C)C. The molecule has 0 radical (unpaired) electrons. The van der Waals surface area contributed by atoms with Crippen LogP contribution in [-0.4, -0.2) is 9.97 Å². The summed E-state index contributed by atoms with van der Waals surface area (Å²) >= 11 is 9.19. The molecule has 0 aliphatic rings. The van der Waals surface area contributed by atoms with E-state index >= 15 is 0 Å². The number of aryl methyl sites for hydroxylation is 1. The number of hydrogen-bond donors (Lipinski definition) is 0. The maximum Gasteiger partial charge on any atom is 0.173 e. The Morgan fingerprint density at radius 1 is 1.20 bits per heavy atom. The molecular formula is C14H12BrClF2N2. The minimum atomic E-state index is -0.965. The van der Waals surface area contributed by atoms with Crippen LogP contribution in [0.15, 0.2) is 16.6 Å². The Hall–Kier alpha value is -1.07. The van der Waals surface area contributed by atoms with Crippen molar-refractivity contribution in [2.75, 3.05) is 0 Å². The zero-order chi connectivity index (χ0) is 15.0. The van der Waals surface area contributed by atoms with Gasteiger partial charge in [-0.05, 0) is 40.9 Å². The van der Waals surface area contributed by atoms with Crippen molar-refractivity contribution in [3.63, 3.8) is 0 Å². The summed E-state index contributed by atoms with van der Waals surface area (Å²) in [6.45, 7) is 5.80. The number of hydrogen-bond acceptors (Lipinski definition) is 2. The van der Waals surface area contributed by atoms with E-state index in [0.29, 0.717) is 10.7 Å². The summed E-state index contributed by atoms with van der Waals surface area (Å²) in [5, 5.41) is 0.333. The lowest BCUT2D eigenvalue weighted by molar-refractivity contribution is 0.504. The van der Waals surface area contributed by atoms with Crippen molar-refractivity contribution in [2.24, 2.45) is 0 Å². The smallest absolute Gasteiger partial charge is 0.173 e. The van der Waals surface area contributed by atoms with Gasteiger partial charge in [0.1, 0.15) is 5.15 Å². The maximum absolute atomic E-state index is 13.6. The molecular weight excluding hydrogens is 350 g/mol. The standard InChI is InChI=1S/C14H12BrClF2N2/c1-6(2)10-7(3)19-14(20-13(10)16)8-4-5-9(17)12(18)11(8)15/h4-6H,1-3H3. The zero-order valence-corrected chi connectivity index (χ0v) is 13.5. The molecule has 20 heavy (non-hydrogen) atoms. The molecule has 0 unspecified atom stereocenters. The summed E-state index contributed by atoms with van der Waals surface area (Å²) in [6.07, 6.45) is 0. The van der Waals surface area contributed by atoms with E-state index in [1.807, 2.05) is 20.8 Å². The summed E-state index contributed by atoms with van der Waals surface area (Å²) < 4.78 is 26.7. The molecule has 0 bridgehead atoms. The lowest BCUT2D eigenvalue weighted by atomic mass is 10.0. The molecule has 0 aliphatic carbocycles. The van der Waals surface area contributed by atoms with Gasteiger partial charge in [0.05, 0.1) is 4.47 Å². The van der Waals surface area contributed by atoms with E-state index in [9.17, 15) is 8.78 Å². The van der Waals surface area contributed by atoms with E-state index in [1.165, 1.54) is 6.07 Å². The van der Waals surface area contributed by atoms with Crippen molar-refractivity contribution in [3.05, 3.63) is 44.7 Å². The summed E-state index contributed by atoms with van der Waals surface area (Å²) in [4.78, 5) is 8.53. The molecule has 6 heteroatoms. The highest BCUT2D eigenvalue weighted by atomic mass is 79.9. The summed E-state index contributed by atoms with van der Waals surface area (Å²) in [7, 11) is 0. The molecule has 0 spiro atoms. The van der Waals surface area contributed by atoms with Crippen molar-refractivity contribution in [2.45, 2.75) is 26.7 Å². The van der Waals surface area contributed by atoms with Crippen molar-refractivity contribution < 1.29 is 8.78 Å². The third-order valence-corrected chi connectivity index (χ3v) is 4.01. The quantitative estimate of drug-likeness (QED) is 0.538. The third-order valence-electron chi connectivity index (χ3n) is 2.94. The Morgan fingerprint density at radius 3 is 2.40 bits per heavy atom. The summed E-state index contributed by atoms with van der Waals surface area (Å²) in [5.41, 5.74) is 1.95. The van der Waals surface area contributed by atoms with Crippen LogP contribution in [0.1, 0.15) is 31.0 Å². The van der Waals surface area contributed by atoms with Gasteiger partial charge in [-0.2, -0.15) is 0 Å². The molecule has 0 saturated heterocycles. The first-order chi connectivity index (χ1) is 9.32. The normalized spacial score (nSPS) is 11.2. The van der Waals surface area contributed by atoms with Crippen molar-refractivity contribution in [3.8, 4) is 11.4 Å². The van der Waals surface area contributed by atoms with Crippen LogP contribution in [0.5, 0.6) is 0 Å². The van der Waals surface area contributed by atoms with Gasteiger partial charge < -0.3 is 0 Å². The van der Waals surface area contributed by atoms with Crippen LogP contribution >= 0.6 is 27.5 Å². The predicted octanol–water partition coefficient (Wildman–Crippen LogP) is 5.27. The highest BCUT2D eigenvalue weighted by Gasteiger charge is 2.18. The lowest BCUT2D eigenvalue weighted by Gasteiger charge is -2.13. The van der Waals surface area contributed by atoms with Gasteiger partial charge >= 0.3 is 0 Å². The number of aromatic nitrogens is 2. The monoisotopic (exact) mass is 360 g/mol. The van der Waals surface area contributed by atoms with E-state index in [1.54, 1.807) is 0 Å². The minimum absolute atomic E-state index is 0.00902. The van der Waals surface area contributed by atoms with Crippen LogP contribution in [0.3, 0.4) is 0 Å². The molecule has 106 valence electrons. The Balaban J connectivity index is 2.63. The molecule has 0 amide bonds. The van der Waals surface area contributed by atoms with Gasteiger partial charge in [0.25, 0.3) is 0 Å². The van der Waals surface area contributed by atoms with Crippen molar-refractivity contribution in [1.82, 2.24) is 9.97 Å². The van der Waals surface area contributed by atoms with Gasteiger partial charge in [0.2, 0.25) is 0 Å². The van der Waals surface area contributed by atoms with Gasteiger partial charge in [-0.25, -0.2) is 18.7 Å². The van der Waals surface area contributed by atoms with Crippen LogP contribution in [0.25, 0.3) is 11.4 Å². The number of halogens is 4. The molecule has 2 nitrogen and oxygen atoms in total. The topological polar surface area (TPSA) is 25.8 Å². The lowest BCUT2D eigenvalue weighted by Crippen LogP contribution is -2.03. The Bertz CT molecular complexity index is 651. The fourth-order valence-corrected chi connectivity index (χ4v) is 2.96. The molecule has 1 heterocycles. The van der Waals surface area contributed by atoms with Crippen molar-refractivity contribution in [1.29, 1.82) is 0 Å². The van der Waals surface area contributed by atoms with Crippen molar-refractivity contribution >= 4 is 27.5 Å². The average Bonchev–Trinajstić information content (AvgIpc) is 2.34. The molecule has 2 rings (SSSR count). The van der Waals surface area contributed by atoms with Gasteiger partial charge in [0.15, 0.2) is 17.5 Å². The molecule has 0 aliphatic heterocycles. The van der Waals surface area contributed by atoms with Gasteiger partial charge in [0, 0.05) is 16.8 Å². The van der Waals surface area contributed by atoms with Crippen LogP contribution in [-0.2, 0) is 0 Å². The predicted molar refractivity (Wildman–Crippen MR) is 78.9 cm³/mol. The number of rotatable bonds is 2. The summed E-state index contributed by atoms with van der Waals surface area (Å²) in [6, 6.07) is 2.46. The van der Waals surface area contributed by atoms with Gasteiger partial charge in [-0.1, -0.05) is 25.4 Å². The molecule has 0 fully saturated rings. The number of nitrogens with zero attached hydrogens (tertiary/aromatic N) is 2. The van der Waals surface area contributed by atoms with Gasteiger partial charge in [-0.15, -0.1) is 0 Å². The fraction of sp³-hybridized carbons (Fsp3) is 0.286. The Labute approximate surface area is 129 Å². The van der Waals surface area contributed by atoms with Crippen LogP contribution in [0.2, 0.25) is 5.15 Å². The van der Waals surface area contributed by atoms with E-state index in [0.717, 1.165) is 17.3 Å². The van der Waals surface area contributed by atoms with E-state index in [-0.39, 0.29) is 16.2 Å². The second-order valence-electron chi connectivity index (χ2n) is 4.71. The minimum Gasteiger partial charge on any atom is -0.233 e. The van der Waals surface area contributed by atoms with E-state index in [4.69, 9.17) is 11.6 Å². The van der Waals surface area contributed by atoms with Gasteiger partial charge in [-0.3, -0.25) is 0 Å². The molecule has 0 saturated carbocycles. The molecule has 0 atom stereocenters. The second kappa shape index (κ2) is 5.74. The maximum atomic E-state index is 13.6. The third kappa shape index (κ3) is 2.69. The zero-order valence-electron chi connectivity index (χ0n) is 11.1. The van der Waals surface area contributed by atoms with Crippen LogP contribution in [0.4, 0.5) is 8.78 Å². The van der Waals surface area contributed by atoms with E-state index < -0.39 is 11.6 Å². The first kappa shape index (κ1) is 15.3. The highest BCUT2D eigenvalue weighted by Crippen LogP contribution is 2.32. The Morgan fingerprint density at radius 2 is 1.85 bits per heavy atom. The fourth-order valence-electron chi connectivity index (χ4n) is 2.02. The summed E-state index contributed by atoms with van der Waals surface area (Å²) in [5.74, 6) is -1.44. The van der Waals surface area contributed by atoms with Crippen LogP contribution in [0, 0.1) is 18.6 Å². The first-order valence-electron chi connectivity index (χ1n) is 6.00. The molecule has 2 aromatic rings. The highest BCUT2D eigenvalue weighted by molar-refractivity contribution is 9.10. The Kier molecular flexibility index (Phi) is 4.39. The largest absolute Gasteiger partial charge is 0.233 e. The second-order valence-corrected chi connectivity index (χ2v) is 5.87. The average molecular weight is 362 g/mol. The molecule has 1 aromatic heterocycles. The molecule has 1 aromatic carbocycles. The first-order valence-corrected chi connectivity index (χ1v) is 7.18. The van der Waals surface area contributed by atoms with E-state index in [2.05, 4.69) is 25.9 Å². The van der Waals surface area contributed by atoms with Crippen LogP contribution < -0.4 is 0 Å². The number of benzene rings is 1. The molecule has 0 N–H and O–H groups in total.